The lowest BCUT2D eigenvalue weighted by molar-refractivity contribution is 0.0513. The lowest BCUT2D eigenvalue weighted by Gasteiger charge is -2.38. The van der Waals surface area contributed by atoms with Crippen LogP contribution in [0.2, 0.25) is 0 Å². The average Bonchev–Trinajstić information content (AvgIpc) is 2.78. The molecule has 1 aliphatic rings. The SMILES string of the molecule is CCNC(=NCc1ccccn1)NCC1(c2ccc(OCC)cc2)CCOCC1. The quantitative estimate of drug-likeness (QED) is 0.529. The van der Waals surface area contributed by atoms with Gasteiger partial charge < -0.3 is 20.1 Å². The van der Waals surface area contributed by atoms with Crippen molar-refractivity contribution in [2.45, 2.75) is 38.6 Å². The van der Waals surface area contributed by atoms with Gasteiger partial charge in [0.1, 0.15) is 5.75 Å². The van der Waals surface area contributed by atoms with Gasteiger partial charge in [-0.15, -0.1) is 0 Å². The lowest BCUT2D eigenvalue weighted by atomic mass is 9.74. The number of aliphatic imine (C=N–C) groups is 1. The average molecular weight is 397 g/mol. The van der Waals surface area contributed by atoms with Gasteiger partial charge in [-0.2, -0.15) is 0 Å². The van der Waals surface area contributed by atoms with Crippen molar-refractivity contribution in [2.75, 3.05) is 32.9 Å². The number of guanidine groups is 1. The van der Waals surface area contributed by atoms with E-state index < -0.39 is 0 Å². The first kappa shape index (κ1) is 21.1. The smallest absolute Gasteiger partial charge is 0.191 e. The number of rotatable bonds is 8. The third-order valence-electron chi connectivity index (χ3n) is 5.29. The third-order valence-corrected chi connectivity index (χ3v) is 5.29. The molecule has 0 saturated carbocycles. The van der Waals surface area contributed by atoms with E-state index in [0.717, 1.165) is 56.5 Å². The normalized spacial score (nSPS) is 16.3. The van der Waals surface area contributed by atoms with Gasteiger partial charge in [-0.05, 0) is 56.5 Å². The molecule has 2 heterocycles. The van der Waals surface area contributed by atoms with E-state index in [2.05, 4.69) is 46.8 Å². The van der Waals surface area contributed by atoms with Gasteiger partial charge in [0.05, 0.1) is 18.8 Å². The molecular weight excluding hydrogens is 364 g/mol. The van der Waals surface area contributed by atoms with Crippen LogP contribution in [0.25, 0.3) is 0 Å². The number of ether oxygens (including phenoxy) is 2. The van der Waals surface area contributed by atoms with Crippen molar-refractivity contribution >= 4 is 5.96 Å². The summed E-state index contributed by atoms with van der Waals surface area (Å²) in [6, 6.07) is 14.4. The third kappa shape index (κ3) is 5.94. The Balaban J connectivity index is 1.72. The van der Waals surface area contributed by atoms with Crippen LogP contribution in [0.15, 0.2) is 53.7 Å². The lowest BCUT2D eigenvalue weighted by Crippen LogP contribution is -2.48. The Labute approximate surface area is 173 Å². The minimum Gasteiger partial charge on any atom is -0.494 e. The highest BCUT2D eigenvalue weighted by Gasteiger charge is 2.34. The monoisotopic (exact) mass is 396 g/mol. The van der Waals surface area contributed by atoms with Gasteiger partial charge in [0.2, 0.25) is 0 Å². The molecule has 1 aromatic heterocycles. The van der Waals surface area contributed by atoms with Crippen LogP contribution in [0.3, 0.4) is 0 Å². The molecule has 0 spiro atoms. The molecule has 6 heteroatoms. The molecule has 0 amide bonds. The van der Waals surface area contributed by atoms with E-state index in [1.54, 1.807) is 6.20 Å². The Hall–Kier alpha value is -2.60. The van der Waals surface area contributed by atoms with E-state index in [1.165, 1.54) is 5.56 Å². The predicted octanol–water partition coefficient (Wildman–Crippen LogP) is 3.28. The Morgan fingerprint density at radius 3 is 2.55 bits per heavy atom. The van der Waals surface area contributed by atoms with Crippen LogP contribution in [0.4, 0.5) is 0 Å². The van der Waals surface area contributed by atoms with Gasteiger partial charge in [-0.3, -0.25) is 4.98 Å². The van der Waals surface area contributed by atoms with Crippen LogP contribution in [-0.2, 0) is 16.7 Å². The van der Waals surface area contributed by atoms with E-state index in [9.17, 15) is 0 Å². The molecule has 1 saturated heterocycles. The molecular formula is C23H32N4O2. The van der Waals surface area contributed by atoms with Crippen LogP contribution < -0.4 is 15.4 Å². The van der Waals surface area contributed by atoms with E-state index in [-0.39, 0.29) is 5.41 Å². The molecule has 6 nitrogen and oxygen atoms in total. The van der Waals surface area contributed by atoms with Gasteiger partial charge >= 0.3 is 0 Å². The van der Waals surface area contributed by atoms with Crippen molar-refractivity contribution in [3.05, 3.63) is 59.9 Å². The number of nitrogens with zero attached hydrogens (tertiary/aromatic N) is 2. The maximum absolute atomic E-state index is 5.66. The summed E-state index contributed by atoms with van der Waals surface area (Å²) in [7, 11) is 0. The zero-order valence-corrected chi connectivity index (χ0v) is 17.5. The molecule has 0 unspecified atom stereocenters. The summed E-state index contributed by atoms with van der Waals surface area (Å²) in [4.78, 5) is 9.07. The van der Waals surface area contributed by atoms with Crippen LogP contribution in [-0.4, -0.2) is 43.9 Å². The first-order valence-electron chi connectivity index (χ1n) is 10.5. The Kier molecular flexibility index (Phi) is 7.87. The Bertz CT molecular complexity index is 756. The molecule has 1 fully saturated rings. The summed E-state index contributed by atoms with van der Waals surface area (Å²) in [6.07, 6.45) is 3.76. The second-order valence-corrected chi connectivity index (χ2v) is 7.22. The summed E-state index contributed by atoms with van der Waals surface area (Å²) in [5.74, 6) is 1.73. The Morgan fingerprint density at radius 2 is 1.90 bits per heavy atom. The highest BCUT2D eigenvalue weighted by Crippen LogP contribution is 2.35. The number of hydrogen-bond donors (Lipinski definition) is 2. The molecule has 2 aromatic rings. The summed E-state index contributed by atoms with van der Waals surface area (Å²) < 4.78 is 11.3. The second kappa shape index (κ2) is 10.8. The molecule has 29 heavy (non-hydrogen) atoms. The second-order valence-electron chi connectivity index (χ2n) is 7.22. The first-order chi connectivity index (χ1) is 14.3. The summed E-state index contributed by atoms with van der Waals surface area (Å²) in [5, 5.41) is 6.91. The zero-order valence-electron chi connectivity index (χ0n) is 17.5. The van der Waals surface area contributed by atoms with Crippen molar-refractivity contribution in [1.29, 1.82) is 0 Å². The van der Waals surface area contributed by atoms with E-state index in [4.69, 9.17) is 14.5 Å². The van der Waals surface area contributed by atoms with Gasteiger partial charge in [0, 0.05) is 37.9 Å². The maximum atomic E-state index is 5.66. The minimum absolute atomic E-state index is 0.0180. The Morgan fingerprint density at radius 1 is 1.10 bits per heavy atom. The fraction of sp³-hybridized carbons (Fsp3) is 0.478. The molecule has 0 aliphatic carbocycles. The fourth-order valence-corrected chi connectivity index (χ4v) is 3.65. The number of hydrogen-bond acceptors (Lipinski definition) is 4. The van der Waals surface area contributed by atoms with Crippen molar-refractivity contribution in [3.63, 3.8) is 0 Å². The van der Waals surface area contributed by atoms with Crippen molar-refractivity contribution < 1.29 is 9.47 Å². The highest BCUT2D eigenvalue weighted by atomic mass is 16.5. The molecule has 1 aliphatic heterocycles. The first-order valence-corrected chi connectivity index (χ1v) is 10.5. The van der Waals surface area contributed by atoms with Gasteiger partial charge in [0.25, 0.3) is 0 Å². The number of pyridine rings is 1. The van der Waals surface area contributed by atoms with E-state index >= 15 is 0 Å². The van der Waals surface area contributed by atoms with E-state index in [1.807, 2.05) is 25.1 Å². The largest absolute Gasteiger partial charge is 0.494 e. The topological polar surface area (TPSA) is 67.8 Å². The zero-order chi connectivity index (χ0) is 20.4. The van der Waals surface area contributed by atoms with Crippen LogP contribution in [0, 0.1) is 0 Å². The fourth-order valence-electron chi connectivity index (χ4n) is 3.65. The molecule has 1 aromatic carbocycles. The van der Waals surface area contributed by atoms with Gasteiger partial charge in [0.15, 0.2) is 5.96 Å². The predicted molar refractivity (Wildman–Crippen MR) is 116 cm³/mol. The van der Waals surface area contributed by atoms with Crippen molar-refractivity contribution in [2.24, 2.45) is 4.99 Å². The maximum Gasteiger partial charge on any atom is 0.191 e. The van der Waals surface area contributed by atoms with Crippen LogP contribution in [0.5, 0.6) is 5.75 Å². The molecule has 3 rings (SSSR count). The molecule has 2 N–H and O–H groups in total. The molecule has 0 atom stereocenters. The summed E-state index contributed by atoms with van der Waals surface area (Å²) in [5.41, 5.74) is 2.29. The van der Waals surface area contributed by atoms with Gasteiger partial charge in [-0.1, -0.05) is 18.2 Å². The van der Waals surface area contributed by atoms with Crippen molar-refractivity contribution in [1.82, 2.24) is 15.6 Å². The summed E-state index contributed by atoms with van der Waals surface area (Å²) in [6.45, 7) is 8.48. The van der Waals surface area contributed by atoms with Crippen molar-refractivity contribution in [3.8, 4) is 5.75 Å². The molecule has 0 bridgehead atoms. The minimum atomic E-state index is 0.0180. The number of nitrogens with one attached hydrogen (secondary N) is 2. The van der Waals surface area contributed by atoms with Crippen LogP contribution in [0.1, 0.15) is 37.9 Å². The van der Waals surface area contributed by atoms with E-state index in [0.29, 0.717) is 13.2 Å². The van der Waals surface area contributed by atoms with Gasteiger partial charge in [-0.25, -0.2) is 4.99 Å². The molecule has 156 valence electrons. The summed E-state index contributed by atoms with van der Waals surface area (Å²) >= 11 is 0. The standard InChI is InChI=1S/C23H32N4O2/c1-3-24-22(26-17-20-7-5-6-14-25-20)27-18-23(12-15-28-16-13-23)19-8-10-21(11-9-19)29-4-2/h5-11,14H,3-4,12-13,15-18H2,1-2H3,(H2,24,26,27). The molecule has 0 radical (unpaired) electrons. The number of aromatic nitrogens is 1. The number of benzene rings is 1. The van der Waals surface area contributed by atoms with Crippen LogP contribution >= 0.6 is 0 Å². The highest BCUT2D eigenvalue weighted by molar-refractivity contribution is 5.79.